The zero-order valence-corrected chi connectivity index (χ0v) is 27.4. The van der Waals surface area contributed by atoms with Crippen LogP contribution in [-0.2, 0) is 16.1 Å². The molecule has 12 heteroatoms. The van der Waals surface area contributed by atoms with Gasteiger partial charge in [0, 0.05) is 12.1 Å². The number of aromatic nitrogens is 1. The van der Waals surface area contributed by atoms with E-state index in [9.17, 15) is 19.7 Å². The van der Waals surface area contributed by atoms with Crippen molar-refractivity contribution < 1.29 is 23.9 Å². The third-order valence-electron chi connectivity index (χ3n) is 6.88. The van der Waals surface area contributed by atoms with Crippen LogP contribution < -0.4 is 24.4 Å². The van der Waals surface area contributed by atoms with Crippen LogP contribution in [0.3, 0.4) is 0 Å². The highest BCUT2D eigenvalue weighted by Crippen LogP contribution is 2.32. The number of nitrogens with zero attached hydrogens (tertiary/aromatic N) is 3. The Morgan fingerprint density at radius 2 is 1.84 bits per heavy atom. The lowest BCUT2D eigenvalue weighted by molar-refractivity contribution is -0.384. The molecule has 0 amide bonds. The number of hydrogen-bond donors (Lipinski definition) is 0. The Bertz CT molecular complexity index is 1960. The van der Waals surface area contributed by atoms with Gasteiger partial charge in [0.1, 0.15) is 18.1 Å². The van der Waals surface area contributed by atoms with Gasteiger partial charge >= 0.3 is 5.97 Å². The Labute approximate surface area is 271 Å². The standard InChI is InChI=1S/C33H30BrN3O7S/c1-5-42-32(39)29-20(4)35-33-36(30(29)23-9-13-25(14-10-23)44-19(2)3)31(38)28(45-33)17-22-8-15-27(26(34)16-22)43-18-21-6-11-24(12-7-21)37(40)41/h6-17,19,30H,5,18H2,1-4H3/b28-17-/t30-/m0/s1. The van der Waals surface area contributed by atoms with Crippen LogP contribution in [0, 0.1) is 10.1 Å². The van der Waals surface area contributed by atoms with E-state index in [-0.39, 0.29) is 30.6 Å². The molecule has 1 aliphatic rings. The maximum atomic E-state index is 13.9. The number of thiazole rings is 1. The van der Waals surface area contributed by atoms with Crippen LogP contribution in [0.15, 0.2) is 92.3 Å². The molecule has 0 bridgehead atoms. The minimum atomic E-state index is -0.725. The molecule has 0 radical (unpaired) electrons. The van der Waals surface area contributed by atoms with Gasteiger partial charge in [-0.05, 0) is 103 Å². The monoisotopic (exact) mass is 691 g/mol. The number of allylic oxidation sites excluding steroid dienone is 1. The molecule has 3 aromatic carbocycles. The highest BCUT2D eigenvalue weighted by molar-refractivity contribution is 9.10. The SMILES string of the molecule is CCOC(=O)C1=C(C)N=c2s/c(=C\c3ccc(OCc4ccc([N+](=O)[O-])cc4)c(Br)c3)c(=O)n2[C@H]1c1ccc(OC(C)C)cc1. The predicted octanol–water partition coefficient (Wildman–Crippen LogP) is 5.84. The number of nitro groups is 1. The summed E-state index contributed by atoms with van der Waals surface area (Å²) in [5.74, 6) is 0.741. The van der Waals surface area contributed by atoms with Gasteiger partial charge < -0.3 is 14.2 Å². The number of rotatable bonds is 10. The molecule has 0 unspecified atom stereocenters. The third-order valence-corrected chi connectivity index (χ3v) is 8.48. The van der Waals surface area contributed by atoms with Crippen LogP contribution in [0.5, 0.6) is 11.5 Å². The van der Waals surface area contributed by atoms with E-state index in [4.69, 9.17) is 14.2 Å². The second-order valence-corrected chi connectivity index (χ2v) is 12.3. The first-order valence-electron chi connectivity index (χ1n) is 14.2. The summed E-state index contributed by atoms with van der Waals surface area (Å²) in [6, 6.07) is 18.2. The summed E-state index contributed by atoms with van der Waals surface area (Å²) in [4.78, 5) is 42.6. The van der Waals surface area contributed by atoms with Crippen LogP contribution >= 0.6 is 27.3 Å². The average Bonchev–Trinajstić information content (AvgIpc) is 3.30. The summed E-state index contributed by atoms with van der Waals surface area (Å²) in [7, 11) is 0. The van der Waals surface area contributed by atoms with E-state index in [2.05, 4.69) is 20.9 Å². The minimum absolute atomic E-state index is 0.00136. The molecule has 232 valence electrons. The number of fused-ring (bicyclic) bond motifs is 1. The van der Waals surface area contributed by atoms with E-state index >= 15 is 0 Å². The van der Waals surface area contributed by atoms with E-state index < -0.39 is 16.9 Å². The lowest BCUT2D eigenvalue weighted by Gasteiger charge is -2.25. The maximum Gasteiger partial charge on any atom is 0.338 e. The van der Waals surface area contributed by atoms with Gasteiger partial charge in [-0.25, -0.2) is 9.79 Å². The highest BCUT2D eigenvalue weighted by atomic mass is 79.9. The highest BCUT2D eigenvalue weighted by Gasteiger charge is 2.33. The minimum Gasteiger partial charge on any atom is -0.491 e. The van der Waals surface area contributed by atoms with Gasteiger partial charge in [0.15, 0.2) is 4.80 Å². The lowest BCUT2D eigenvalue weighted by atomic mass is 9.96. The number of hydrogen-bond acceptors (Lipinski definition) is 9. The number of halogens is 1. The number of non-ortho nitro benzene ring substituents is 1. The normalized spacial score (nSPS) is 14.6. The fourth-order valence-electron chi connectivity index (χ4n) is 4.86. The Morgan fingerprint density at radius 1 is 1.13 bits per heavy atom. The molecule has 0 aliphatic carbocycles. The topological polar surface area (TPSA) is 122 Å². The molecule has 0 saturated carbocycles. The Kier molecular flexibility index (Phi) is 9.64. The number of carbonyl (C=O) groups excluding carboxylic acids is 1. The third kappa shape index (κ3) is 7.07. The van der Waals surface area contributed by atoms with Crippen molar-refractivity contribution in [1.82, 2.24) is 4.57 Å². The molecule has 4 aromatic rings. The molecule has 0 fully saturated rings. The fraction of sp³-hybridized carbons (Fsp3) is 0.242. The molecule has 5 rings (SSSR count). The smallest absolute Gasteiger partial charge is 0.338 e. The van der Waals surface area contributed by atoms with Crippen LogP contribution in [0.4, 0.5) is 5.69 Å². The zero-order valence-electron chi connectivity index (χ0n) is 25.0. The molecular formula is C33H30BrN3O7S. The maximum absolute atomic E-state index is 13.9. The molecule has 45 heavy (non-hydrogen) atoms. The fourth-order valence-corrected chi connectivity index (χ4v) is 6.42. The molecule has 2 heterocycles. The summed E-state index contributed by atoms with van der Waals surface area (Å²) in [6.45, 7) is 7.78. The molecule has 10 nitrogen and oxygen atoms in total. The van der Waals surface area contributed by atoms with Gasteiger partial charge in [-0.2, -0.15) is 0 Å². The zero-order chi connectivity index (χ0) is 32.2. The first-order valence-corrected chi connectivity index (χ1v) is 15.8. The van der Waals surface area contributed by atoms with E-state index in [1.165, 1.54) is 23.5 Å². The van der Waals surface area contributed by atoms with Crippen molar-refractivity contribution in [2.45, 2.75) is 46.4 Å². The second kappa shape index (κ2) is 13.6. The van der Waals surface area contributed by atoms with Gasteiger partial charge in [-0.3, -0.25) is 19.5 Å². The molecule has 0 saturated heterocycles. The molecule has 1 aromatic heterocycles. The van der Waals surface area contributed by atoms with Gasteiger partial charge in [-0.15, -0.1) is 0 Å². The molecule has 1 atom stereocenters. The van der Waals surface area contributed by atoms with Crippen molar-refractivity contribution >= 4 is 45.0 Å². The van der Waals surface area contributed by atoms with Crippen molar-refractivity contribution in [2.75, 3.05) is 6.61 Å². The van der Waals surface area contributed by atoms with Gasteiger partial charge in [0.05, 0.1) is 44.0 Å². The summed E-state index contributed by atoms with van der Waals surface area (Å²) in [5, 5.41) is 10.9. The molecule has 1 aliphatic heterocycles. The van der Waals surface area contributed by atoms with Crippen LogP contribution in [0.25, 0.3) is 6.08 Å². The predicted molar refractivity (Wildman–Crippen MR) is 174 cm³/mol. The summed E-state index contributed by atoms with van der Waals surface area (Å²) in [5.41, 5.74) is 2.80. The van der Waals surface area contributed by atoms with Crippen molar-refractivity contribution in [3.05, 3.63) is 129 Å². The van der Waals surface area contributed by atoms with Gasteiger partial charge in [-0.1, -0.05) is 29.5 Å². The van der Waals surface area contributed by atoms with Crippen LogP contribution in [0.1, 0.15) is 50.4 Å². The Balaban J connectivity index is 1.47. The van der Waals surface area contributed by atoms with Crippen molar-refractivity contribution in [1.29, 1.82) is 0 Å². The van der Waals surface area contributed by atoms with E-state index in [1.54, 1.807) is 42.7 Å². The number of esters is 1. The Morgan fingerprint density at radius 3 is 2.47 bits per heavy atom. The number of carbonyl (C=O) groups is 1. The Hall–Kier alpha value is -4.55. The quantitative estimate of drug-likeness (QED) is 0.116. The molecule has 0 spiro atoms. The largest absolute Gasteiger partial charge is 0.491 e. The first-order chi connectivity index (χ1) is 21.5. The first kappa shape index (κ1) is 31.9. The number of benzene rings is 3. The van der Waals surface area contributed by atoms with Crippen LogP contribution in [-0.4, -0.2) is 28.2 Å². The second-order valence-electron chi connectivity index (χ2n) is 10.4. The van der Waals surface area contributed by atoms with E-state index in [0.29, 0.717) is 36.6 Å². The van der Waals surface area contributed by atoms with Gasteiger partial charge in [0.25, 0.3) is 11.2 Å². The number of nitro benzene ring substituents is 1. The van der Waals surface area contributed by atoms with Crippen molar-refractivity contribution in [3.8, 4) is 11.5 Å². The van der Waals surface area contributed by atoms with Crippen LogP contribution in [0.2, 0.25) is 0 Å². The van der Waals surface area contributed by atoms with E-state index in [0.717, 1.165) is 16.7 Å². The summed E-state index contributed by atoms with van der Waals surface area (Å²) < 4.78 is 19.7. The van der Waals surface area contributed by atoms with Crippen molar-refractivity contribution in [3.63, 3.8) is 0 Å². The summed E-state index contributed by atoms with van der Waals surface area (Å²) in [6.07, 6.45) is 1.77. The summed E-state index contributed by atoms with van der Waals surface area (Å²) >= 11 is 4.79. The molecule has 0 N–H and O–H groups in total. The molecular weight excluding hydrogens is 662 g/mol. The van der Waals surface area contributed by atoms with Crippen molar-refractivity contribution in [2.24, 2.45) is 4.99 Å². The lowest BCUT2D eigenvalue weighted by Crippen LogP contribution is -2.39. The number of ether oxygens (including phenoxy) is 3. The van der Waals surface area contributed by atoms with E-state index in [1.807, 2.05) is 50.2 Å². The van der Waals surface area contributed by atoms with Gasteiger partial charge in [0.2, 0.25) is 0 Å². The average molecular weight is 693 g/mol.